The molecule has 0 heterocycles. The van der Waals surface area contributed by atoms with Crippen molar-refractivity contribution in [3.05, 3.63) is 23.8 Å². The third kappa shape index (κ3) is 5.43. The summed E-state index contributed by atoms with van der Waals surface area (Å²) in [6.07, 6.45) is 7.26. The monoisotopic (exact) mass is 690 g/mol. The number of fused-ring (bicyclic) bond motifs is 5. The van der Waals surface area contributed by atoms with Gasteiger partial charge in [0.15, 0.2) is 19.9 Å². The number of Topliss-reactive ketones (excluding diaryl/α,β-unsaturated/α-hetero) is 1. The van der Waals surface area contributed by atoms with Crippen molar-refractivity contribution >= 4 is 50.7 Å². The number of carbonyl (C=O) groups excluding carboxylic acids is 2. The van der Waals surface area contributed by atoms with Gasteiger partial charge in [-0.25, -0.2) is 0 Å². The molecule has 0 aromatic carbocycles. The van der Waals surface area contributed by atoms with E-state index in [-0.39, 0.29) is 59.8 Å². The van der Waals surface area contributed by atoms with Crippen molar-refractivity contribution < 1.29 is 32.4 Å². The molecule has 8 atom stereocenters. The highest BCUT2D eigenvalue weighted by Crippen LogP contribution is 2.73. The van der Waals surface area contributed by atoms with Crippen LogP contribution in [0, 0.1) is 28.6 Å². The van der Waals surface area contributed by atoms with Crippen LogP contribution in [-0.4, -0.2) is 61.9 Å². The molecular weight excluding hydrogens is 638 g/mol. The Balaban J connectivity index is 1.91. The second kappa shape index (κ2) is 12.3. The summed E-state index contributed by atoms with van der Waals surface area (Å²) >= 11 is 14.5. The van der Waals surface area contributed by atoms with Crippen LogP contribution >= 0.6 is 30.8 Å². The fourth-order valence-electron chi connectivity index (χ4n) is 8.92. The predicted molar refractivity (Wildman–Crippen MR) is 179 cm³/mol. The predicted octanol–water partition coefficient (Wildman–Crippen LogP) is 8.69. The largest absolute Gasteiger partial charge is 0.412 e. The van der Waals surface area contributed by atoms with Gasteiger partial charge >= 0.3 is 7.60 Å². The summed E-state index contributed by atoms with van der Waals surface area (Å²) in [6.45, 7) is 21.3. The van der Waals surface area contributed by atoms with E-state index in [2.05, 4.69) is 47.7 Å². The molecule has 0 unspecified atom stereocenters. The molecule has 0 aromatic rings. The molecule has 0 spiro atoms. The molecule has 0 saturated heterocycles. The highest BCUT2D eigenvalue weighted by atomic mass is 35.5. The van der Waals surface area contributed by atoms with E-state index in [1.165, 1.54) is 0 Å². The lowest BCUT2D eigenvalue weighted by atomic mass is 9.45. The van der Waals surface area contributed by atoms with Gasteiger partial charge in [0.1, 0.15) is 11.9 Å². The summed E-state index contributed by atoms with van der Waals surface area (Å²) in [6, 6.07) is 0. The molecular formula is C33H53Cl2O7PSi. The van der Waals surface area contributed by atoms with Gasteiger partial charge in [-0.15, -0.1) is 23.2 Å². The molecule has 4 aliphatic rings. The molecule has 0 bridgehead atoms. The van der Waals surface area contributed by atoms with Crippen LogP contribution in [0.5, 0.6) is 0 Å². The Morgan fingerprint density at radius 1 is 1.14 bits per heavy atom. The molecule has 0 N–H and O–H groups in total. The molecule has 0 aromatic heterocycles. The highest BCUT2D eigenvalue weighted by molar-refractivity contribution is 7.53. The molecule has 0 aliphatic heterocycles. The van der Waals surface area contributed by atoms with Crippen molar-refractivity contribution in [2.24, 2.45) is 28.6 Å². The third-order valence-electron chi connectivity index (χ3n) is 12.0. The molecule has 11 heteroatoms. The summed E-state index contributed by atoms with van der Waals surface area (Å²) in [5.74, 6) is -0.762. The maximum absolute atomic E-state index is 14.2. The number of allylic oxidation sites excluding steroid dienone is 4. The van der Waals surface area contributed by atoms with Crippen molar-refractivity contribution in [3.63, 3.8) is 0 Å². The van der Waals surface area contributed by atoms with Crippen LogP contribution < -0.4 is 0 Å². The lowest BCUT2D eigenvalue weighted by Crippen LogP contribution is -2.71. The van der Waals surface area contributed by atoms with E-state index in [1.54, 1.807) is 26.0 Å². The van der Waals surface area contributed by atoms with E-state index >= 15 is 0 Å². The Morgan fingerprint density at radius 2 is 1.75 bits per heavy atom. The lowest BCUT2D eigenvalue weighted by Gasteiger charge is -2.66. The van der Waals surface area contributed by atoms with Gasteiger partial charge in [0, 0.05) is 10.8 Å². The van der Waals surface area contributed by atoms with Crippen molar-refractivity contribution in [2.45, 2.75) is 116 Å². The zero-order valence-electron chi connectivity index (χ0n) is 28.3. The van der Waals surface area contributed by atoms with Crippen molar-refractivity contribution in [3.8, 4) is 0 Å². The van der Waals surface area contributed by atoms with Crippen LogP contribution in [0.15, 0.2) is 23.8 Å². The molecule has 3 saturated carbocycles. The van der Waals surface area contributed by atoms with Crippen LogP contribution in [-0.2, 0) is 32.4 Å². The molecule has 4 rings (SSSR count). The van der Waals surface area contributed by atoms with Crippen LogP contribution in [0.25, 0.3) is 0 Å². The quantitative estimate of drug-likeness (QED) is 0.122. The number of rotatable bonds is 11. The summed E-state index contributed by atoms with van der Waals surface area (Å²) in [5, 5.41) is -0.0930. The zero-order chi connectivity index (χ0) is 33.1. The Morgan fingerprint density at radius 3 is 2.30 bits per heavy atom. The number of carbonyl (C=O) groups is 2. The number of alkyl halides is 2. The average molecular weight is 692 g/mol. The smallest absolute Gasteiger partial charge is 0.356 e. The number of halogens is 2. The topological polar surface area (TPSA) is 88.1 Å². The molecule has 4 aliphatic carbocycles. The summed E-state index contributed by atoms with van der Waals surface area (Å²) < 4.78 is 38.9. The second-order valence-electron chi connectivity index (χ2n) is 15.3. The highest BCUT2D eigenvalue weighted by Gasteiger charge is 2.76. The molecule has 3 fully saturated rings. The van der Waals surface area contributed by atoms with Crippen LogP contribution in [0.2, 0.25) is 18.1 Å². The van der Waals surface area contributed by atoms with Gasteiger partial charge in [-0.3, -0.25) is 14.2 Å². The Bertz CT molecular complexity index is 1250. The Kier molecular flexibility index (Phi) is 10.2. The summed E-state index contributed by atoms with van der Waals surface area (Å²) in [4.78, 5) is 25.9. The molecule has 250 valence electrons. The number of ketones is 2. The van der Waals surface area contributed by atoms with Gasteiger partial charge < -0.3 is 18.2 Å². The minimum Gasteiger partial charge on any atom is -0.412 e. The molecule has 7 nitrogen and oxygen atoms in total. The molecule has 44 heavy (non-hydrogen) atoms. The van der Waals surface area contributed by atoms with E-state index in [1.807, 2.05) is 13.0 Å². The maximum atomic E-state index is 14.2. The van der Waals surface area contributed by atoms with Crippen molar-refractivity contribution in [1.29, 1.82) is 0 Å². The van der Waals surface area contributed by atoms with Crippen molar-refractivity contribution in [2.75, 3.05) is 25.4 Å². The maximum Gasteiger partial charge on any atom is 0.356 e. The number of hydrogen-bond donors (Lipinski definition) is 0. The minimum atomic E-state index is -3.63. The molecule has 0 amide bonds. The van der Waals surface area contributed by atoms with E-state index in [4.69, 9.17) is 41.4 Å². The standard InChI is InChI=1S/C33H53Cl2O7PSi/c1-11-40-43(38,41-12-2)21-39-33(27(37)20-34)22(3)17-26-25-14-13-23-18-24(36)15-16-30(23,7)32(25,35)28(19-31(26,33)8)42-44(9,10)29(4,5)6/h15-16,18,22,25-26,28H,11-14,17,19-21H2,1-10H3/t22-,25+,26+,28+,30+,31+,32+,33+/m1/s1. The van der Waals surface area contributed by atoms with Crippen LogP contribution in [0.4, 0.5) is 0 Å². The first-order valence-corrected chi connectivity index (χ1v) is 21.7. The van der Waals surface area contributed by atoms with Gasteiger partial charge in [-0.1, -0.05) is 53.2 Å². The average Bonchev–Trinajstić information content (AvgIpc) is 3.14. The summed E-state index contributed by atoms with van der Waals surface area (Å²) in [7, 11) is -6.03. The third-order valence-corrected chi connectivity index (χ3v) is 19.4. The van der Waals surface area contributed by atoms with E-state index < -0.39 is 43.3 Å². The zero-order valence-corrected chi connectivity index (χ0v) is 31.7. The lowest BCUT2D eigenvalue weighted by molar-refractivity contribution is -0.186. The number of hydrogen-bond acceptors (Lipinski definition) is 7. The first kappa shape index (κ1) is 36.5. The second-order valence-corrected chi connectivity index (χ2v) is 22.9. The van der Waals surface area contributed by atoms with Gasteiger partial charge in [0.05, 0.1) is 30.1 Å². The fourth-order valence-corrected chi connectivity index (χ4v) is 12.5. The van der Waals surface area contributed by atoms with E-state index in [0.717, 1.165) is 18.4 Å². The van der Waals surface area contributed by atoms with Gasteiger partial charge in [-0.2, -0.15) is 0 Å². The normalized spacial score (nSPS) is 39.0. The van der Waals surface area contributed by atoms with E-state index in [9.17, 15) is 14.2 Å². The fraction of sp³-hybridized carbons (Fsp3) is 0.818. The Hall–Kier alpha value is -0.313. The Labute approximate surface area is 275 Å². The van der Waals surface area contributed by atoms with Gasteiger partial charge in [0.25, 0.3) is 0 Å². The first-order valence-electron chi connectivity index (χ1n) is 16.1. The summed E-state index contributed by atoms with van der Waals surface area (Å²) in [5.41, 5.74) is -1.64. The molecule has 0 radical (unpaired) electrons. The number of ether oxygens (including phenoxy) is 1. The van der Waals surface area contributed by atoms with Gasteiger partial charge in [0.2, 0.25) is 0 Å². The minimum absolute atomic E-state index is 0.00981. The van der Waals surface area contributed by atoms with E-state index in [0.29, 0.717) is 12.8 Å². The SMILES string of the molecule is CCOP(=O)(CO[C@]1(C(=O)CCl)[C@H](C)C[C@H]2[C@@H]3CCC4=CC(=O)C=C[C@]4(C)[C@@]3(Cl)[C@@H](O[Si](C)(C)C(C)(C)C)C[C@@]21C)OCC. The van der Waals surface area contributed by atoms with Crippen molar-refractivity contribution in [1.82, 2.24) is 0 Å². The van der Waals surface area contributed by atoms with Gasteiger partial charge in [-0.05, 0) is 87.6 Å². The van der Waals surface area contributed by atoms with Crippen LogP contribution in [0.1, 0.15) is 81.1 Å². The first-order chi connectivity index (χ1) is 20.2. The van der Waals surface area contributed by atoms with Crippen LogP contribution in [0.3, 0.4) is 0 Å².